The number of carbonyl (C=O) groups excluding carboxylic acids is 1. The molecule has 6 heteroatoms. The van der Waals surface area contributed by atoms with Gasteiger partial charge in [0.1, 0.15) is 10.5 Å². The van der Waals surface area contributed by atoms with Gasteiger partial charge >= 0.3 is 5.97 Å². The second-order valence-corrected chi connectivity index (χ2v) is 5.01. The van der Waals surface area contributed by atoms with E-state index in [0.29, 0.717) is 11.6 Å². The van der Waals surface area contributed by atoms with E-state index in [1.54, 1.807) is 0 Å². The van der Waals surface area contributed by atoms with E-state index in [1.807, 2.05) is 20.8 Å². The highest BCUT2D eigenvalue weighted by Gasteiger charge is 2.34. The third kappa shape index (κ3) is 2.91. The summed E-state index contributed by atoms with van der Waals surface area (Å²) in [5, 5.41) is 12.5. The van der Waals surface area contributed by atoms with Crippen LogP contribution in [-0.2, 0) is 9.53 Å². The van der Waals surface area contributed by atoms with Crippen molar-refractivity contribution < 1.29 is 9.53 Å². The molecule has 90 valence electrons. The number of methoxy groups -OCH3 is 1. The van der Waals surface area contributed by atoms with Crippen LogP contribution in [0.15, 0.2) is 0 Å². The SMILES string of the molecule is CCCC(C)(Nc1nnc(C)s1)C(=O)OC. The normalized spacial score (nSPS) is 14.2. The maximum absolute atomic E-state index is 11.7. The third-order valence-corrected chi connectivity index (χ3v) is 3.05. The molecule has 1 unspecified atom stereocenters. The predicted octanol–water partition coefficient (Wildman–Crippen LogP) is 1.99. The number of hydrogen-bond acceptors (Lipinski definition) is 6. The van der Waals surface area contributed by atoms with Crippen molar-refractivity contribution in [3.05, 3.63) is 5.01 Å². The number of nitrogens with one attached hydrogen (secondary N) is 1. The minimum absolute atomic E-state index is 0.276. The Hall–Kier alpha value is -1.17. The number of carbonyl (C=O) groups is 1. The van der Waals surface area contributed by atoms with Gasteiger partial charge in [-0.3, -0.25) is 0 Å². The van der Waals surface area contributed by atoms with E-state index in [9.17, 15) is 4.79 Å². The van der Waals surface area contributed by atoms with Crippen molar-refractivity contribution in [2.24, 2.45) is 0 Å². The Labute approximate surface area is 99.2 Å². The molecule has 0 fully saturated rings. The summed E-state index contributed by atoms with van der Waals surface area (Å²) in [6.07, 6.45) is 1.58. The molecule has 1 aromatic rings. The molecule has 0 aromatic carbocycles. The van der Waals surface area contributed by atoms with E-state index < -0.39 is 5.54 Å². The molecule has 1 aromatic heterocycles. The molecule has 0 bridgehead atoms. The Kier molecular flexibility index (Phi) is 4.23. The Balaban J connectivity index is 2.82. The second-order valence-electron chi connectivity index (χ2n) is 3.82. The van der Waals surface area contributed by atoms with Crippen LogP contribution in [0.5, 0.6) is 0 Å². The van der Waals surface area contributed by atoms with Crippen LogP contribution in [0.2, 0.25) is 0 Å². The standard InChI is InChI=1S/C10H17N3O2S/c1-5-6-10(3,8(14)15-4)11-9-13-12-7(2)16-9/h5-6H2,1-4H3,(H,11,13). The average Bonchev–Trinajstić information content (AvgIpc) is 2.62. The lowest BCUT2D eigenvalue weighted by Crippen LogP contribution is -2.44. The van der Waals surface area contributed by atoms with E-state index >= 15 is 0 Å². The predicted molar refractivity (Wildman–Crippen MR) is 63.6 cm³/mol. The van der Waals surface area contributed by atoms with Gasteiger partial charge in [-0.2, -0.15) is 0 Å². The smallest absolute Gasteiger partial charge is 0.331 e. The third-order valence-electron chi connectivity index (χ3n) is 2.29. The Bertz CT molecular complexity index is 367. The van der Waals surface area contributed by atoms with Gasteiger partial charge in [-0.25, -0.2) is 4.79 Å². The van der Waals surface area contributed by atoms with Crippen LogP contribution in [0, 0.1) is 6.92 Å². The monoisotopic (exact) mass is 243 g/mol. The fourth-order valence-electron chi connectivity index (χ4n) is 1.52. The molecule has 1 atom stereocenters. The van der Waals surface area contributed by atoms with Crippen molar-refractivity contribution in [2.75, 3.05) is 12.4 Å². The lowest BCUT2D eigenvalue weighted by molar-refractivity contribution is -0.145. The van der Waals surface area contributed by atoms with Crippen LogP contribution in [-0.4, -0.2) is 28.8 Å². The Morgan fingerprint density at radius 1 is 1.56 bits per heavy atom. The van der Waals surface area contributed by atoms with Crippen molar-refractivity contribution >= 4 is 22.4 Å². The van der Waals surface area contributed by atoms with Gasteiger partial charge in [-0.1, -0.05) is 24.7 Å². The molecule has 1 N–H and O–H groups in total. The quantitative estimate of drug-likeness (QED) is 0.801. The summed E-state index contributed by atoms with van der Waals surface area (Å²) in [6, 6.07) is 0. The molecular weight excluding hydrogens is 226 g/mol. The van der Waals surface area contributed by atoms with Gasteiger partial charge in [-0.15, -0.1) is 10.2 Å². The molecule has 0 saturated carbocycles. The first-order chi connectivity index (χ1) is 7.51. The van der Waals surface area contributed by atoms with Gasteiger partial charge in [0.2, 0.25) is 5.13 Å². The van der Waals surface area contributed by atoms with Gasteiger partial charge in [0.25, 0.3) is 0 Å². The van der Waals surface area contributed by atoms with Crippen molar-refractivity contribution in [3.8, 4) is 0 Å². The summed E-state index contributed by atoms with van der Waals surface area (Å²) >= 11 is 1.43. The van der Waals surface area contributed by atoms with E-state index in [0.717, 1.165) is 11.4 Å². The molecule has 1 rings (SSSR count). The minimum atomic E-state index is -0.727. The lowest BCUT2D eigenvalue weighted by Gasteiger charge is -2.26. The average molecular weight is 243 g/mol. The number of rotatable bonds is 5. The number of anilines is 1. The first kappa shape index (κ1) is 12.9. The van der Waals surface area contributed by atoms with Crippen molar-refractivity contribution in [1.29, 1.82) is 0 Å². The van der Waals surface area contributed by atoms with Crippen LogP contribution < -0.4 is 5.32 Å². The van der Waals surface area contributed by atoms with Crippen LogP contribution in [0.1, 0.15) is 31.7 Å². The molecule has 0 aliphatic carbocycles. The summed E-state index contributed by atoms with van der Waals surface area (Å²) in [7, 11) is 1.39. The van der Waals surface area contributed by atoms with Gasteiger partial charge < -0.3 is 10.1 Å². The molecule has 5 nitrogen and oxygen atoms in total. The van der Waals surface area contributed by atoms with Crippen molar-refractivity contribution in [1.82, 2.24) is 10.2 Å². The molecule has 0 saturated heterocycles. The zero-order valence-corrected chi connectivity index (χ0v) is 10.8. The molecule has 16 heavy (non-hydrogen) atoms. The van der Waals surface area contributed by atoms with E-state index in [-0.39, 0.29) is 5.97 Å². The van der Waals surface area contributed by atoms with Crippen molar-refractivity contribution in [3.63, 3.8) is 0 Å². The van der Waals surface area contributed by atoms with Crippen LogP contribution in [0.3, 0.4) is 0 Å². The summed E-state index contributed by atoms with van der Waals surface area (Å²) in [6.45, 7) is 5.71. The molecule has 1 heterocycles. The molecule has 0 amide bonds. The van der Waals surface area contributed by atoms with Gasteiger partial charge in [0, 0.05) is 0 Å². The maximum Gasteiger partial charge on any atom is 0.331 e. The first-order valence-electron chi connectivity index (χ1n) is 5.18. The number of aryl methyl sites for hydroxylation is 1. The molecule has 0 aliphatic rings. The molecule has 0 radical (unpaired) electrons. The zero-order chi connectivity index (χ0) is 12.2. The topological polar surface area (TPSA) is 64.1 Å². The highest BCUT2D eigenvalue weighted by atomic mass is 32.1. The lowest BCUT2D eigenvalue weighted by atomic mass is 9.97. The van der Waals surface area contributed by atoms with E-state index in [2.05, 4.69) is 15.5 Å². The highest BCUT2D eigenvalue weighted by molar-refractivity contribution is 7.15. The first-order valence-corrected chi connectivity index (χ1v) is 6.00. The van der Waals surface area contributed by atoms with Crippen LogP contribution in [0.25, 0.3) is 0 Å². The number of esters is 1. The number of hydrogen-bond donors (Lipinski definition) is 1. The van der Waals surface area contributed by atoms with E-state index in [1.165, 1.54) is 18.4 Å². The number of nitrogens with zero attached hydrogens (tertiary/aromatic N) is 2. The highest BCUT2D eigenvalue weighted by Crippen LogP contribution is 2.23. The molecule has 0 spiro atoms. The second kappa shape index (κ2) is 5.25. The van der Waals surface area contributed by atoms with Crippen LogP contribution >= 0.6 is 11.3 Å². The van der Waals surface area contributed by atoms with E-state index in [4.69, 9.17) is 4.74 Å². The van der Waals surface area contributed by atoms with Crippen LogP contribution in [0.4, 0.5) is 5.13 Å². The van der Waals surface area contributed by atoms with Crippen molar-refractivity contribution in [2.45, 2.75) is 39.2 Å². The summed E-state index contributed by atoms with van der Waals surface area (Å²) in [4.78, 5) is 11.7. The Morgan fingerprint density at radius 2 is 2.25 bits per heavy atom. The van der Waals surface area contributed by atoms with Gasteiger partial charge in [0.15, 0.2) is 0 Å². The molecular formula is C10H17N3O2S. The Morgan fingerprint density at radius 3 is 2.69 bits per heavy atom. The largest absolute Gasteiger partial charge is 0.467 e. The maximum atomic E-state index is 11.7. The number of ether oxygens (including phenoxy) is 1. The van der Waals surface area contributed by atoms with Gasteiger partial charge in [0.05, 0.1) is 7.11 Å². The number of aromatic nitrogens is 2. The summed E-state index contributed by atoms with van der Waals surface area (Å²) < 4.78 is 4.80. The molecule has 0 aliphatic heterocycles. The minimum Gasteiger partial charge on any atom is -0.467 e. The van der Waals surface area contributed by atoms with Gasteiger partial charge in [-0.05, 0) is 20.3 Å². The fourth-order valence-corrected chi connectivity index (χ4v) is 2.24. The summed E-state index contributed by atoms with van der Waals surface area (Å²) in [5.74, 6) is -0.276. The fraction of sp³-hybridized carbons (Fsp3) is 0.700. The summed E-state index contributed by atoms with van der Waals surface area (Å²) in [5.41, 5.74) is -0.727. The zero-order valence-electron chi connectivity index (χ0n) is 10.0.